The van der Waals surface area contributed by atoms with Gasteiger partial charge in [0, 0.05) is 18.8 Å². The maximum Gasteiger partial charge on any atom is 0.264 e. The molecule has 1 aliphatic rings. The van der Waals surface area contributed by atoms with E-state index in [-0.39, 0.29) is 25.5 Å². The smallest absolute Gasteiger partial charge is 0.264 e. The third-order valence-corrected chi connectivity index (χ3v) is 10.1. The van der Waals surface area contributed by atoms with E-state index in [1.807, 2.05) is 0 Å². The number of nitrogens with zero attached hydrogens (tertiary/aromatic N) is 2. The number of amides is 1. The third-order valence-electron chi connectivity index (χ3n) is 5.65. The Kier molecular flexibility index (Phi) is 7.91. The third kappa shape index (κ3) is 5.68. The van der Waals surface area contributed by atoms with Gasteiger partial charge in [0.2, 0.25) is 15.9 Å². The van der Waals surface area contributed by atoms with Crippen LogP contribution in [0.4, 0.5) is 11.4 Å². The molecule has 12 heteroatoms. The molecule has 8 nitrogen and oxygen atoms in total. The highest BCUT2D eigenvalue weighted by Crippen LogP contribution is 2.30. The van der Waals surface area contributed by atoms with Crippen molar-refractivity contribution in [3.63, 3.8) is 0 Å². The van der Waals surface area contributed by atoms with Gasteiger partial charge in [0.25, 0.3) is 10.0 Å². The minimum atomic E-state index is -4.12. The number of carbonyl (C=O) groups excluding carboxylic acids is 1. The maximum absolute atomic E-state index is 13.4. The first-order chi connectivity index (χ1) is 17.1. The Morgan fingerprint density at radius 1 is 0.833 bits per heavy atom. The molecule has 0 bridgehead atoms. The van der Waals surface area contributed by atoms with Crippen LogP contribution in [0.2, 0.25) is 10.0 Å². The summed E-state index contributed by atoms with van der Waals surface area (Å²) < 4.78 is 54.6. The summed E-state index contributed by atoms with van der Waals surface area (Å²) in [7, 11) is -7.71. The SMILES string of the molecule is O=C(CN(c1ccc(Cl)c(Cl)c1)S(=O)(=O)c1ccccc1)Nc1ccc(S(=O)(=O)N2CCCC2)cc1. The first-order valence-electron chi connectivity index (χ1n) is 11.0. The Morgan fingerprint density at radius 3 is 2.08 bits per heavy atom. The van der Waals surface area contributed by atoms with Crippen molar-refractivity contribution < 1.29 is 21.6 Å². The van der Waals surface area contributed by atoms with Gasteiger partial charge in [-0.15, -0.1) is 0 Å². The van der Waals surface area contributed by atoms with Crippen LogP contribution < -0.4 is 9.62 Å². The van der Waals surface area contributed by atoms with Crippen molar-refractivity contribution in [1.29, 1.82) is 0 Å². The van der Waals surface area contributed by atoms with E-state index >= 15 is 0 Å². The highest BCUT2D eigenvalue weighted by molar-refractivity contribution is 7.92. The Balaban J connectivity index is 1.56. The largest absolute Gasteiger partial charge is 0.325 e. The predicted octanol–water partition coefficient (Wildman–Crippen LogP) is 4.61. The molecule has 4 rings (SSSR count). The van der Waals surface area contributed by atoms with Crippen molar-refractivity contribution in [2.45, 2.75) is 22.6 Å². The molecule has 3 aromatic carbocycles. The fourth-order valence-electron chi connectivity index (χ4n) is 3.79. The number of hydrogen-bond acceptors (Lipinski definition) is 5. The van der Waals surface area contributed by atoms with Crippen molar-refractivity contribution in [2.75, 3.05) is 29.3 Å². The first kappa shape index (κ1) is 26.4. The molecule has 0 unspecified atom stereocenters. The highest BCUT2D eigenvalue weighted by Gasteiger charge is 2.29. The lowest BCUT2D eigenvalue weighted by atomic mass is 10.3. The maximum atomic E-state index is 13.4. The number of hydrogen-bond donors (Lipinski definition) is 1. The van der Waals surface area contributed by atoms with Crippen molar-refractivity contribution >= 4 is 60.5 Å². The Labute approximate surface area is 220 Å². The Bertz CT molecular complexity index is 1460. The summed E-state index contributed by atoms with van der Waals surface area (Å²) >= 11 is 12.1. The zero-order valence-corrected chi connectivity index (χ0v) is 22.1. The summed E-state index contributed by atoms with van der Waals surface area (Å²) in [6, 6.07) is 17.8. The van der Waals surface area contributed by atoms with E-state index in [4.69, 9.17) is 23.2 Å². The average Bonchev–Trinajstić information content (AvgIpc) is 3.41. The number of nitrogens with one attached hydrogen (secondary N) is 1. The molecule has 0 atom stereocenters. The monoisotopic (exact) mass is 567 g/mol. The van der Waals surface area contributed by atoms with Gasteiger partial charge >= 0.3 is 0 Å². The molecular weight excluding hydrogens is 545 g/mol. The van der Waals surface area contributed by atoms with Gasteiger partial charge in [-0.1, -0.05) is 41.4 Å². The van der Waals surface area contributed by atoms with E-state index in [0.29, 0.717) is 18.8 Å². The van der Waals surface area contributed by atoms with Crippen LogP contribution in [0.1, 0.15) is 12.8 Å². The van der Waals surface area contributed by atoms with Crippen LogP contribution in [0.25, 0.3) is 0 Å². The molecule has 0 saturated carbocycles. The highest BCUT2D eigenvalue weighted by atomic mass is 35.5. The quantitative estimate of drug-likeness (QED) is 0.428. The van der Waals surface area contributed by atoms with E-state index in [1.54, 1.807) is 18.2 Å². The van der Waals surface area contributed by atoms with Crippen molar-refractivity contribution in [1.82, 2.24) is 4.31 Å². The van der Waals surface area contributed by atoms with Crippen molar-refractivity contribution in [3.8, 4) is 0 Å². The molecule has 0 aliphatic carbocycles. The molecule has 0 spiro atoms. The lowest BCUT2D eigenvalue weighted by Crippen LogP contribution is -2.38. The molecule has 1 heterocycles. The molecule has 1 N–H and O–H groups in total. The summed E-state index contributed by atoms with van der Waals surface area (Å²) in [5, 5.41) is 3.01. The average molecular weight is 569 g/mol. The number of carbonyl (C=O) groups is 1. The zero-order valence-electron chi connectivity index (χ0n) is 19.0. The van der Waals surface area contributed by atoms with Crippen LogP contribution >= 0.6 is 23.2 Å². The summed E-state index contributed by atoms with van der Waals surface area (Å²) in [6.45, 7) is 0.422. The lowest BCUT2D eigenvalue weighted by Gasteiger charge is -2.24. The van der Waals surface area contributed by atoms with Crippen LogP contribution in [-0.4, -0.2) is 46.7 Å². The fourth-order valence-corrected chi connectivity index (χ4v) is 7.04. The number of anilines is 2. The topological polar surface area (TPSA) is 104 Å². The van der Waals surface area contributed by atoms with Gasteiger partial charge in [0.15, 0.2) is 0 Å². The number of halogens is 2. The number of sulfonamides is 2. The number of rotatable bonds is 8. The summed E-state index contributed by atoms with van der Waals surface area (Å²) in [5.74, 6) is -0.629. The second kappa shape index (κ2) is 10.8. The van der Waals surface area contributed by atoms with E-state index in [9.17, 15) is 21.6 Å². The van der Waals surface area contributed by atoms with E-state index < -0.39 is 32.5 Å². The van der Waals surface area contributed by atoms with Gasteiger partial charge in [-0.3, -0.25) is 9.10 Å². The second-order valence-corrected chi connectivity index (χ2v) is 12.7. The Hall–Kier alpha value is -2.63. The Morgan fingerprint density at radius 2 is 1.47 bits per heavy atom. The normalized spacial score (nSPS) is 14.5. The summed E-state index contributed by atoms with van der Waals surface area (Å²) in [6.07, 6.45) is 1.66. The van der Waals surface area contributed by atoms with E-state index in [0.717, 1.165) is 17.1 Å². The molecule has 3 aromatic rings. The summed E-state index contributed by atoms with van der Waals surface area (Å²) in [5.41, 5.74) is 0.488. The molecule has 1 aliphatic heterocycles. The predicted molar refractivity (Wildman–Crippen MR) is 141 cm³/mol. The van der Waals surface area contributed by atoms with Gasteiger partial charge in [0.1, 0.15) is 6.54 Å². The number of benzene rings is 3. The van der Waals surface area contributed by atoms with Crippen LogP contribution in [-0.2, 0) is 24.8 Å². The van der Waals surface area contributed by atoms with Crippen LogP contribution in [0.3, 0.4) is 0 Å². The lowest BCUT2D eigenvalue weighted by molar-refractivity contribution is -0.114. The van der Waals surface area contributed by atoms with Crippen molar-refractivity contribution in [3.05, 3.63) is 82.8 Å². The fraction of sp³-hybridized carbons (Fsp3) is 0.208. The summed E-state index contributed by atoms with van der Waals surface area (Å²) in [4.78, 5) is 13.0. The zero-order chi connectivity index (χ0) is 25.9. The van der Waals surface area contributed by atoms with Crippen molar-refractivity contribution in [2.24, 2.45) is 0 Å². The van der Waals surface area contributed by atoms with E-state index in [1.165, 1.54) is 58.9 Å². The minimum Gasteiger partial charge on any atom is -0.325 e. The van der Waals surface area contributed by atoms with E-state index in [2.05, 4.69) is 5.32 Å². The molecule has 36 heavy (non-hydrogen) atoms. The van der Waals surface area contributed by atoms with Gasteiger partial charge in [0.05, 0.1) is 25.5 Å². The standard InChI is InChI=1S/C24H23Cl2N3O5S2/c25-22-13-10-19(16-23(22)26)29(36(33,34)20-6-2-1-3-7-20)17-24(30)27-18-8-11-21(12-9-18)35(31,32)28-14-4-5-15-28/h1-3,6-13,16H,4-5,14-15,17H2,(H,27,30). The van der Waals surface area contributed by atoms with Crippen LogP contribution in [0.5, 0.6) is 0 Å². The molecule has 1 amide bonds. The van der Waals surface area contributed by atoms with Crippen LogP contribution in [0.15, 0.2) is 82.6 Å². The van der Waals surface area contributed by atoms with Crippen LogP contribution in [0, 0.1) is 0 Å². The molecule has 0 radical (unpaired) electrons. The molecule has 0 aromatic heterocycles. The van der Waals surface area contributed by atoms with Gasteiger partial charge in [-0.25, -0.2) is 16.8 Å². The van der Waals surface area contributed by atoms with Gasteiger partial charge in [-0.05, 0) is 67.4 Å². The first-order valence-corrected chi connectivity index (χ1v) is 14.7. The molecule has 1 fully saturated rings. The molecule has 1 saturated heterocycles. The van der Waals surface area contributed by atoms with Gasteiger partial charge < -0.3 is 5.32 Å². The van der Waals surface area contributed by atoms with Gasteiger partial charge in [-0.2, -0.15) is 4.31 Å². The molecular formula is C24H23Cl2N3O5S2. The second-order valence-electron chi connectivity index (χ2n) is 8.11. The minimum absolute atomic E-state index is 0.000319. The molecule has 190 valence electrons.